The second kappa shape index (κ2) is 5.11. The standard InChI is InChI=1S/C10H13N5O/c1-16-10-7-9(12-8-13-10)11-4-6-15-5-2-3-14-15/h2-3,5,7-8H,4,6H2,1H3,(H,11,12,13). The Balaban J connectivity index is 1.85. The summed E-state index contributed by atoms with van der Waals surface area (Å²) in [7, 11) is 1.58. The van der Waals surface area contributed by atoms with Crippen molar-refractivity contribution < 1.29 is 4.74 Å². The zero-order valence-corrected chi connectivity index (χ0v) is 9.00. The van der Waals surface area contributed by atoms with Crippen LogP contribution in [-0.2, 0) is 6.54 Å². The van der Waals surface area contributed by atoms with Crippen LogP contribution in [0.1, 0.15) is 0 Å². The second-order valence-corrected chi connectivity index (χ2v) is 3.14. The fourth-order valence-corrected chi connectivity index (χ4v) is 1.28. The molecule has 6 heteroatoms. The Kier molecular flexibility index (Phi) is 3.32. The van der Waals surface area contributed by atoms with Crippen LogP contribution in [0.2, 0.25) is 0 Å². The van der Waals surface area contributed by atoms with Crippen LogP contribution in [0.4, 0.5) is 5.82 Å². The second-order valence-electron chi connectivity index (χ2n) is 3.14. The van der Waals surface area contributed by atoms with Crippen LogP contribution in [0.5, 0.6) is 5.88 Å². The third-order valence-corrected chi connectivity index (χ3v) is 2.06. The van der Waals surface area contributed by atoms with Gasteiger partial charge in [0.1, 0.15) is 12.1 Å². The molecule has 0 aliphatic rings. The number of hydrogen-bond acceptors (Lipinski definition) is 5. The smallest absolute Gasteiger partial charge is 0.218 e. The summed E-state index contributed by atoms with van der Waals surface area (Å²) < 4.78 is 6.85. The van der Waals surface area contributed by atoms with Crippen LogP contribution < -0.4 is 10.1 Å². The summed E-state index contributed by atoms with van der Waals surface area (Å²) in [5, 5.41) is 7.27. The van der Waals surface area contributed by atoms with E-state index in [2.05, 4.69) is 20.4 Å². The molecule has 0 fully saturated rings. The molecule has 6 nitrogen and oxygen atoms in total. The van der Waals surface area contributed by atoms with Crippen molar-refractivity contribution >= 4 is 5.82 Å². The number of nitrogens with zero attached hydrogens (tertiary/aromatic N) is 4. The van der Waals surface area contributed by atoms with Gasteiger partial charge in [0.05, 0.1) is 13.7 Å². The highest BCUT2D eigenvalue weighted by Crippen LogP contribution is 2.09. The first-order valence-corrected chi connectivity index (χ1v) is 4.96. The van der Waals surface area contributed by atoms with Gasteiger partial charge >= 0.3 is 0 Å². The van der Waals surface area contributed by atoms with Crippen molar-refractivity contribution in [2.75, 3.05) is 19.0 Å². The van der Waals surface area contributed by atoms with Crippen molar-refractivity contribution in [3.63, 3.8) is 0 Å². The minimum atomic E-state index is 0.552. The van der Waals surface area contributed by atoms with E-state index in [1.807, 2.05) is 16.9 Å². The van der Waals surface area contributed by atoms with Gasteiger partial charge in [0.2, 0.25) is 5.88 Å². The van der Waals surface area contributed by atoms with Crippen molar-refractivity contribution in [2.45, 2.75) is 6.54 Å². The van der Waals surface area contributed by atoms with E-state index in [1.54, 1.807) is 19.4 Å². The number of aromatic nitrogens is 4. The number of hydrogen-bond donors (Lipinski definition) is 1. The summed E-state index contributed by atoms with van der Waals surface area (Å²) in [4.78, 5) is 8.00. The average molecular weight is 219 g/mol. The summed E-state index contributed by atoms with van der Waals surface area (Å²) in [6.45, 7) is 1.54. The number of rotatable bonds is 5. The highest BCUT2D eigenvalue weighted by molar-refractivity contribution is 5.36. The van der Waals surface area contributed by atoms with Crippen LogP contribution in [-0.4, -0.2) is 33.4 Å². The molecular weight excluding hydrogens is 206 g/mol. The van der Waals surface area contributed by atoms with Crippen LogP contribution in [0.15, 0.2) is 30.9 Å². The first kappa shape index (κ1) is 10.4. The van der Waals surface area contributed by atoms with E-state index in [9.17, 15) is 0 Å². The molecule has 0 aliphatic heterocycles. The molecule has 0 spiro atoms. The normalized spacial score (nSPS) is 10.1. The van der Waals surface area contributed by atoms with E-state index in [0.717, 1.165) is 18.9 Å². The Hall–Kier alpha value is -2.11. The van der Waals surface area contributed by atoms with E-state index in [-0.39, 0.29) is 0 Å². The molecule has 0 radical (unpaired) electrons. The maximum atomic E-state index is 5.00. The first-order chi connectivity index (χ1) is 7.88. The molecule has 2 heterocycles. The van der Waals surface area contributed by atoms with E-state index in [4.69, 9.17) is 4.74 Å². The molecule has 0 bridgehead atoms. The summed E-state index contributed by atoms with van der Waals surface area (Å²) >= 11 is 0. The lowest BCUT2D eigenvalue weighted by Gasteiger charge is -2.06. The van der Waals surface area contributed by atoms with Crippen molar-refractivity contribution in [3.8, 4) is 5.88 Å². The van der Waals surface area contributed by atoms with Crippen molar-refractivity contribution in [2.24, 2.45) is 0 Å². The number of ether oxygens (including phenoxy) is 1. The Morgan fingerprint density at radius 2 is 2.38 bits per heavy atom. The summed E-state index contributed by atoms with van der Waals surface area (Å²) in [6, 6.07) is 3.65. The Labute approximate surface area is 93.3 Å². The van der Waals surface area contributed by atoms with Gasteiger partial charge in [-0.15, -0.1) is 0 Å². The Morgan fingerprint density at radius 3 is 3.12 bits per heavy atom. The molecule has 84 valence electrons. The lowest BCUT2D eigenvalue weighted by atomic mass is 10.5. The van der Waals surface area contributed by atoms with Gasteiger partial charge in [0.15, 0.2) is 0 Å². The van der Waals surface area contributed by atoms with E-state index >= 15 is 0 Å². The number of nitrogens with one attached hydrogen (secondary N) is 1. The highest BCUT2D eigenvalue weighted by atomic mass is 16.5. The van der Waals surface area contributed by atoms with Crippen LogP contribution in [0, 0.1) is 0 Å². The summed E-state index contributed by atoms with van der Waals surface area (Å²) in [5.74, 6) is 1.30. The molecule has 0 saturated heterocycles. The van der Waals surface area contributed by atoms with Gasteiger partial charge in [0.25, 0.3) is 0 Å². The monoisotopic (exact) mass is 219 g/mol. The topological polar surface area (TPSA) is 64.9 Å². The zero-order chi connectivity index (χ0) is 11.2. The maximum Gasteiger partial charge on any atom is 0.218 e. The van der Waals surface area contributed by atoms with Crippen LogP contribution in [0.25, 0.3) is 0 Å². The van der Waals surface area contributed by atoms with Gasteiger partial charge in [-0.05, 0) is 6.07 Å². The number of anilines is 1. The quantitative estimate of drug-likeness (QED) is 0.805. The predicted molar refractivity (Wildman–Crippen MR) is 59.3 cm³/mol. The highest BCUT2D eigenvalue weighted by Gasteiger charge is 1.97. The lowest BCUT2D eigenvalue weighted by molar-refractivity contribution is 0.397. The predicted octanol–water partition coefficient (Wildman–Crippen LogP) is 0.794. The first-order valence-electron chi connectivity index (χ1n) is 4.96. The van der Waals surface area contributed by atoms with Crippen LogP contribution in [0.3, 0.4) is 0 Å². The minimum absolute atomic E-state index is 0.552. The zero-order valence-electron chi connectivity index (χ0n) is 9.00. The average Bonchev–Trinajstić information content (AvgIpc) is 2.82. The van der Waals surface area contributed by atoms with Crippen molar-refractivity contribution in [1.82, 2.24) is 19.7 Å². The van der Waals surface area contributed by atoms with Gasteiger partial charge < -0.3 is 10.1 Å². The molecule has 0 unspecified atom stereocenters. The third kappa shape index (κ3) is 2.69. The fourth-order valence-electron chi connectivity index (χ4n) is 1.28. The van der Waals surface area contributed by atoms with Crippen molar-refractivity contribution in [1.29, 1.82) is 0 Å². The van der Waals surface area contributed by atoms with Gasteiger partial charge in [-0.3, -0.25) is 4.68 Å². The van der Waals surface area contributed by atoms with Crippen molar-refractivity contribution in [3.05, 3.63) is 30.9 Å². The van der Waals surface area contributed by atoms with Gasteiger partial charge in [-0.1, -0.05) is 0 Å². The third-order valence-electron chi connectivity index (χ3n) is 2.06. The molecule has 2 aromatic rings. The maximum absolute atomic E-state index is 5.00. The fraction of sp³-hybridized carbons (Fsp3) is 0.300. The van der Waals surface area contributed by atoms with E-state index in [1.165, 1.54) is 6.33 Å². The van der Waals surface area contributed by atoms with Gasteiger partial charge in [-0.25, -0.2) is 9.97 Å². The van der Waals surface area contributed by atoms with Crippen LogP contribution >= 0.6 is 0 Å². The molecule has 0 amide bonds. The molecule has 2 rings (SSSR count). The molecule has 0 aromatic carbocycles. The largest absolute Gasteiger partial charge is 0.481 e. The molecule has 2 aromatic heterocycles. The summed E-state index contributed by atoms with van der Waals surface area (Å²) in [6.07, 6.45) is 5.14. The molecular formula is C10H13N5O. The minimum Gasteiger partial charge on any atom is -0.481 e. The van der Waals surface area contributed by atoms with Gasteiger partial charge in [-0.2, -0.15) is 5.10 Å². The van der Waals surface area contributed by atoms with Gasteiger partial charge in [0, 0.05) is 25.0 Å². The van der Waals surface area contributed by atoms with E-state index < -0.39 is 0 Å². The molecule has 16 heavy (non-hydrogen) atoms. The number of methoxy groups -OCH3 is 1. The molecule has 0 aliphatic carbocycles. The molecule has 0 saturated carbocycles. The summed E-state index contributed by atoms with van der Waals surface area (Å²) in [5.41, 5.74) is 0. The van der Waals surface area contributed by atoms with E-state index in [0.29, 0.717) is 5.88 Å². The molecule has 0 atom stereocenters. The Bertz CT molecular complexity index is 429. The SMILES string of the molecule is COc1cc(NCCn2cccn2)ncn1. The lowest BCUT2D eigenvalue weighted by Crippen LogP contribution is -2.11. The molecule has 1 N–H and O–H groups in total. The Morgan fingerprint density at radius 1 is 1.44 bits per heavy atom.